The highest BCUT2D eigenvalue weighted by molar-refractivity contribution is 5.63. The lowest BCUT2D eigenvalue weighted by Crippen LogP contribution is -2.20. The van der Waals surface area contributed by atoms with Gasteiger partial charge in [0.15, 0.2) is 0 Å². The molecule has 0 heterocycles. The van der Waals surface area contributed by atoms with Crippen molar-refractivity contribution in [2.24, 2.45) is 0 Å². The van der Waals surface area contributed by atoms with Gasteiger partial charge in [0.1, 0.15) is 0 Å². The van der Waals surface area contributed by atoms with E-state index in [1.807, 2.05) is 19.9 Å². The molecule has 0 radical (unpaired) electrons. The van der Waals surface area contributed by atoms with Crippen molar-refractivity contribution in [2.45, 2.75) is 19.9 Å². The van der Waals surface area contributed by atoms with Gasteiger partial charge in [0, 0.05) is 43.2 Å². The number of benzene rings is 1. The molecular formula is C12H19N3O3. The van der Waals surface area contributed by atoms with Crippen molar-refractivity contribution in [3.05, 3.63) is 28.3 Å². The highest BCUT2D eigenvalue weighted by Gasteiger charge is 2.11. The van der Waals surface area contributed by atoms with Crippen LogP contribution in [-0.2, 0) is 4.74 Å². The van der Waals surface area contributed by atoms with Gasteiger partial charge in [0.25, 0.3) is 5.69 Å². The Balaban J connectivity index is 2.91. The molecule has 0 spiro atoms. The zero-order chi connectivity index (χ0) is 13.5. The zero-order valence-corrected chi connectivity index (χ0v) is 10.9. The summed E-state index contributed by atoms with van der Waals surface area (Å²) < 4.78 is 5.02. The maximum atomic E-state index is 10.8. The Labute approximate surface area is 106 Å². The lowest BCUT2D eigenvalue weighted by Gasteiger charge is -2.15. The van der Waals surface area contributed by atoms with Gasteiger partial charge in [-0.3, -0.25) is 10.1 Å². The maximum absolute atomic E-state index is 10.8. The minimum atomic E-state index is -0.396. The van der Waals surface area contributed by atoms with Crippen LogP contribution in [0.3, 0.4) is 0 Å². The SMILES string of the molecule is CCNc1cc(NC(C)COC)cc([N+](=O)[O-])c1. The second-order valence-electron chi connectivity index (χ2n) is 4.06. The van der Waals surface area contributed by atoms with Crippen molar-refractivity contribution in [1.29, 1.82) is 0 Å². The minimum absolute atomic E-state index is 0.0700. The van der Waals surface area contributed by atoms with Crippen LogP contribution in [0.15, 0.2) is 18.2 Å². The van der Waals surface area contributed by atoms with Crippen molar-refractivity contribution in [2.75, 3.05) is 30.9 Å². The topological polar surface area (TPSA) is 76.4 Å². The van der Waals surface area contributed by atoms with E-state index in [9.17, 15) is 10.1 Å². The number of nitro groups is 1. The molecule has 6 nitrogen and oxygen atoms in total. The quantitative estimate of drug-likeness (QED) is 0.576. The lowest BCUT2D eigenvalue weighted by atomic mass is 10.2. The van der Waals surface area contributed by atoms with Gasteiger partial charge in [-0.15, -0.1) is 0 Å². The lowest BCUT2D eigenvalue weighted by molar-refractivity contribution is -0.384. The van der Waals surface area contributed by atoms with Gasteiger partial charge in [-0.05, 0) is 19.9 Å². The van der Waals surface area contributed by atoms with E-state index >= 15 is 0 Å². The van der Waals surface area contributed by atoms with E-state index in [1.54, 1.807) is 7.11 Å². The number of nitro benzene ring substituents is 1. The average molecular weight is 253 g/mol. The van der Waals surface area contributed by atoms with Gasteiger partial charge in [-0.2, -0.15) is 0 Å². The molecule has 0 bridgehead atoms. The van der Waals surface area contributed by atoms with E-state index < -0.39 is 4.92 Å². The first kappa shape index (κ1) is 14.2. The normalized spacial score (nSPS) is 11.9. The maximum Gasteiger partial charge on any atom is 0.273 e. The molecule has 0 amide bonds. The van der Waals surface area contributed by atoms with Crippen molar-refractivity contribution in [1.82, 2.24) is 0 Å². The number of methoxy groups -OCH3 is 1. The highest BCUT2D eigenvalue weighted by Crippen LogP contribution is 2.24. The first-order valence-corrected chi connectivity index (χ1v) is 5.85. The number of anilines is 2. The fourth-order valence-electron chi connectivity index (χ4n) is 1.68. The molecule has 18 heavy (non-hydrogen) atoms. The Morgan fingerprint density at radius 2 is 2.06 bits per heavy atom. The number of rotatable bonds is 7. The number of nitrogens with one attached hydrogen (secondary N) is 2. The van der Waals surface area contributed by atoms with Gasteiger partial charge in [-0.1, -0.05) is 0 Å². The molecule has 1 atom stereocenters. The third kappa shape index (κ3) is 4.21. The zero-order valence-electron chi connectivity index (χ0n) is 10.9. The number of non-ortho nitro benzene ring substituents is 1. The molecule has 0 saturated carbocycles. The van der Waals surface area contributed by atoms with E-state index in [0.717, 1.165) is 5.69 Å². The van der Waals surface area contributed by atoms with Crippen LogP contribution in [0.5, 0.6) is 0 Å². The largest absolute Gasteiger partial charge is 0.385 e. The number of hydrogen-bond acceptors (Lipinski definition) is 5. The molecule has 1 rings (SSSR count). The third-order valence-corrected chi connectivity index (χ3v) is 2.34. The fourth-order valence-corrected chi connectivity index (χ4v) is 1.68. The number of nitrogens with zero attached hydrogens (tertiary/aromatic N) is 1. The van der Waals surface area contributed by atoms with Gasteiger partial charge in [0.05, 0.1) is 11.5 Å². The van der Waals surface area contributed by atoms with E-state index in [-0.39, 0.29) is 11.7 Å². The second kappa shape index (κ2) is 6.80. The standard InChI is InChI=1S/C12H19N3O3/c1-4-13-10-5-11(14-9(2)8-18-3)7-12(6-10)15(16)17/h5-7,9,13-14H,4,8H2,1-3H3. The molecule has 6 heteroatoms. The average Bonchev–Trinajstić information content (AvgIpc) is 2.29. The fraction of sp³-hybridized carbons (Fsp3) is 0.500. The molecule has 100 valence electrons. The van der Waals surface area contributed by atoms with E-state index in [2.05, 4.69) is 10.6 Å². The number of ether oxygens (including phenoxy) is 1. The molecule has 0 aliphatic heterocycles. The predicted octanol–water partition coefficient (Wildman–Crippen LogP) is 2.47. The van der Waals surface area contributed by atoms with Crippen molar-refractivity contribution < 1.29 is 9.66 Å². The van der Waals surface area contributed by atoms with Crippen molar-refractivity contribution >= 4 is 17.1 Å². The van der Waals surface area contributed by atoms with Gasteiger partial charge in [0.2, 0.25) is 0 Å². The van der Waals surface area contributed by atoms with Crippen LogP contribution in [0.25, 0.3) is 0 Å². The molecule has 2 N–H and O–H groups in total. The molecule has 1 aromatic rings. The summed E-state index contributed by atoms with van der Waals surface area (Å²) >= 11 is 0. The first-order valence-electron chi connectivity index (χ1n) is 5.85. The molecule has 1 aromatic carbocycles. The van der Waals surface area contributed by atoms with Crippen LogP contribution in [0.2, 0.25) is 0 Å². The molecule has 1 unspecified atom stereocenters. The van der Waals surface area contributed by atoms with Crippen LogP contribution in [0.4, 0.5) is 17.1 Å². The van der Waals surface area contributed by atoms with Crippen LogP contribution in [0.1, 0.15) is 13.8 Å². The summed E-state index contributed by atoms with van der Waals surface area (Å²) in [7, 11) is 1.62. The van der Waals surface area contributed by atoms with Crippen LogP contribution in [0, 0.1) is 10.1 Å². The van der Waals surface area contributed by atoms with Crippen LogP contribution >= 0.6 is 0 Å². The summed E-state index contributed by atoms with van der Waals surface area (Å²) in [5, 5.41) is 17.1. The number of hydrogen-bond donors (Lipinski definition) is 2. The summed E-state index contributed by atoms with van der Waals surface area (Å²) in [6.07, 6.45) is 0. The smallest absolute Gasteiger partial charge is 0.273 e. The monoisotopic (exact) mass is 253 g/mol. The van der Waals surface area contributed by atoms with Crippen molar-refractivity contribution in [3.63, 3.8) is 0 Å². The highest BCUT2D eigenvalue weighted by atomic mass is 16.6. The predicted molar refractivity (Wildman–Crippen MR) is 72.2 cm³/mol. The van der Waals surface area contributed by atoms with Gasteiger partial charge < -0.3 is 15.4 Å². The molecule has 0 aliphatic rings. The summed E-state index contributed by atoms with van der Waals surface area (Å²) in [4.78, 5) is 10.5. The summed E-state index contributed by atoms with van der Waals surface area (Å²) in [6, 6.07) is 4.98. The minimum Gasteiger partial charge on any atom is -0.385 e. The summed E-state index contributed by atoms with van der Waals surface area (Å²) in [5.41, 5.74) is 1.52. The van der Waals surface area contributed by atoms with Crippen LogP contribution in [-0.4, -0.2) is 31.2 Å². The van der Waals surface area contributed by atoms with Gasteiger partial charge >= 0.3 is 0 Å². The molecule has 0 aromatic heterocycles. The third-order valence-electron chi connectivity index (χ3n) is 2.34. The Morgan fingerprint density at radius 1 is 1.39 bits per heavy atom. The van der Waals surface area contributed by atoms with E-state index in [1.165, 1.54) is 12.1 Å². The molecule has 0 saturated heterocycles. The Bertz CT molecular complexity index is 410. The summed E-state index contributed by atoms with van der Waals surface area (Å²) in [5.74, 6) is 0. The Kier molecular flexibility index (Phi) is 5.38. The molecule has 0 fully saturated rings. The first-order chi connectivity index (χ1) is 8.56. The van der Waals surface area contributed by atoms with E-state index in [0.29, 0.717) is 18.8 Å². The molecular weight excluding hydrogens is 234 g/mol. The van der Waals surface area contributed by atoms with E-state index in [4.69, 9.17) is 4.74 Å². The Morgan fingerprint density at radius 3 is 2.61 bits per heavy atom. The summed E-state index contributed by atoms with van der Waals surface area (Å²) in [6.45, 7) is 5.15. The molecule has 0 aliphatic carbocycles. The van der Waals surface area contributed by atoms with Gasteiger partial charge in [-0.25, -0.2) is 0 Å². The van der Waals surface area contributed by atoms with Crippen LogP contribution < -0.4 is 10.6 Å². The van der Waals surface area contributed by atoms with Crippen molar-refractivity contribution in [3.8, 4) is 0 Å². The Hall–Kier alpha value is -1.82. The second-order valence-corrected chi connectivity index (χ2v) is 4.06.